The van der Waals surface area contributed by atoms with Gasteiger partial charge in [0.25, 0.3) is 0 Å². The Labute approximate surface area is 111 Å². The second-order valence-electron chi connectivity index (χ2n) is 4.98. The first-order chi connectivity index (χ1) is 8.67. The maximum atomic E-state index is 4.67. The molecule has 0 spiro atoms. The molecule has 1 N–H and O–H groups in total. The summed E-state index contributed by atoms with van der Waals surface area (Å²) >= 11 is 0. The summed E-state index contributed by atoms with van der Waals surface area (Å²) in [5.74, 6) is 1.62. The summed E-state index contributed by atoms with van der Waals surface area (Å²) in [5.41, 5.74) is 1.02. The highest BCUT2D eigenvalue weighted by molar-refractivity contribution is 5.36. The molecule has 0 bridgehead atoms. The summed E-state index contributed by atoms with van der Waals surface area (Å²) < 4.78 is 0. The molecular weight excluding hydrogens is 224 g/mol. The van der Waals surface area contributed by atoms with Gasteiger partial charge in [-0.05, 0) is 25.8 Å². The van der Waals surface area contributed by atoms with E-state index in [-0.39, 0.29) is 0 Å². The fraction of sp³-hybridized carbons (Fsp3) is 0.714. The summed E-state index contributed by atoms with van der Waals surface area (Å²) in [6, 6.07) is 0. The maximum Gasteiger partial charge on any atom is 0.147 e. The van der Waals surface area contributed by atoms with Crippen LogP contribution in [0.15, 0.2) is 12.4 Å². The molecule has 0 radical (unpaired) electrons. The standard InChI is InChI=1S/C14H26N4/c1-5-7-15-8-13-9-16-10-14(17-13)18(6-2)11-12(3)4/h9-10,12,15H,5-8,11H2,1-4H3. The number of hydrogen-bond donors (Lipinski definition) is 1. The second kappa shape index (κ2) is 8.03. The molecule has 0 aliphatic heterocycles. The minimum absolute atomic E-state index is 0.633. The Morgan fingerprint density at radius 2 is 2.06 bits per heavy atom. The quantitative estimate of drug-likeness (QED) is 0.720. The lowest BCUT2D eigenvalue weighted by Gasteiger charge is -2.23. The maximum absolute atomic E-state index is 4.67. The minimum atomic E-state index is 0.633. The van der Waals surface area contributed by atoms with Crippen molar-refractivity contribution in [3.63, 3.8) is 0 Å². The Kier molecular flexibility index (Phi) is 6.65. The molecule has 0 unspecified atom stereocenters. The van der Waals surface area contributed by atoms with Gasteiger partial charge in [0.2, 0.25) is 0 Å². The van der Waals surface area contributed by atoms with Crippen LogP contribution in [0.25, 0.3) is 0 Å². The molecule has 0 aliphatic rings. The molecule has 1 aromatic rings. The molecule has 4 heteroatoms. The van der Waals surface area contributed by atoms with E-state index in [0.29, 0.717) is 5.92 Å². The molecule has 0 amide bonds. The third kappa shape index (κ3) is 5.00. The zero-order valence-corrected chi connectivity index (χ0v) is 12.1. The Morgan fingerprint density at radius 1 is 1.28 bits per heavy atom. The van der Waals surface area contributed by atoms with E-state index in [9.17, 15) is 0 Å². The predicted molar refractivity (Wildman–Crippen MR) is 76.8 cm³/mol. The van der Waals surface area contributed by atoms with Crippen molar-refractivity contribution in [1.29, 1.82) is 0 Å². The fourth-order valence-electron chi connectivity index (χ4n) is 1.85. The smallest absolute Gasteiger partial charge is 0.147 e. The van der Waals surface area contributed by atoms with Crippen molar-refractivity contribution < 1.29 is 0 Å². The van der Waals surface area contributed by atoms with Crippen LogP contribution in [0.5, 0.6) is 0 Å². The topological polar surface area (TPSA) is 41.1 Å². The van der Waals surface area contributed by atoms with E-state index in [0.717, 1.165) is 44.1 Å². The Balaban J connectivity index is 2.66. The first-order valence-corrected chi connectivity index (χ1v) is 6.93. The van der Waals surface area contributed by atoms with Crippen molar-refractivity contribution >= 4 is 5.82 Å². The van der Waals surface area contributed by atoms with Crippen LogP contribution in [0.3, 0.4) is 0 Å². The highest BCUT2D eigenvalue weighted by atomic mass is 15.2. The highest BCUT2D eigenvalue weighted by Crippen LogP contribution is 2.11. The van der Waals surface area contributed by atoms with Crippen LogP contribution >= 0.6 is 0 Å². The molecule has 102 valence electrons. The van der Waals surface area contributed by atoms with Crippen LogP contribution in [-0.4, -0.2) is 29.6 Å². The third-order valence-corrected chi connectivity index (χ3v) is 2.70. The van der Waals surface area contributed by atoms with Gasteiger partial charge in [-0.25, -0.2) is 4.98 Å². The Hall–Kier alpha value is -1.16. The van der Waals surface area contributed by atoms with Crippen molar-refractivity contribution in [3.05, 3.63) is 18.1 Å². The second-order valence-corrected chi connectivity index (χ2v) is 4.98. The SMILES string of the molecule is CCCNCc1cncc(N(CC)CC(C)C)n1. The molecule has 1 rings (SSSR count). The highest BCUT2D eigenvalue weighted by Gasteiger charge is 2.08. The normalized spacial score (nSPS) is 10.9. The zero-order valence-electron chi connectivity index (χ0n) is 12.1. The zero-order chi connectivity index (χ0) is 13.4. The van der Waals surface area contributed by atoms with E-state index >= 15 is 0 Å². The largest absolute Gasteiger partial charge is 0.355 e. The summed E-state index contributed by atoms with van der Waals surface area (Å²) in [7, 11) is 0. The number of nitrogens with one attached hydrogen (secondary N) is 1. The lowest BCUT2D eigenvalue weighted by Crippen LogP contribution is -2.28. The van der Waals surface area contributed by atoms with E-state index in [2.05, 4.69) is 47.9 Å². The van der Waals surface area contributed by atoms with Crippen molar-refractivity contribution in [3.8, 4) is 0 Å². The molecule has 0 saturated heterocycles. The Bertz CT molecular complexity index is 338. The van der Waals surface area contributed by atoms with Gasteiger partial charge < -0.3 is 10.2 Å². The van der Waals surface area contributed by atoms with Gasteiger partial charge >= 0.3 is 0 Å². The Morgan fingerprint density at radius 3 is 2.67 bits per heavy atom. The minimum Gasteiger partial charge on any atom is -0.355 e. The summed E-state index contributed by atoms with van der Waals surface area (Å²) in [6.07, 6.45) is 4.84. The van der Waals surface area contributed by atoms with Crippen molar-refractivity contribution in [1.82, 2.24) is 15.3 Å². The number of rotatable bonds is 8. The third-order valence-electron chi connectivity index (χ3n) is 2.70. The number of anilines is 1. The molecule has 0 aliphatic carbocycles. The number of nitrogens with zero attached hydrogens (tertiary/aromatic N) is 3. The predicted octanol–water partition coefficient (Wildman–Crippen LogP) is 2.46. The molecule has 1 aromatic heterocycles. The summed E-state index contributed by atoms with van der Waals surface area (Å²) in [4.78, 5) is 11.2. The van der Waals surface area contributed by atoms with Crippen LogP contribution in [0.1, 0.15) is 39.8 Å². The molecule has 18 heavy (non-hydrogen) atoms. The van der Waals surface area contributed by atoms with E-state index in [1.807, 2.05) is 12.4 Å². The van der Waals surface area contributed by atoms with Crippen LogP contribution < -0.4 is 10.2 Å². The average molecular weight is 250 g/mol. The van der Waals surface area contributed by atoms with Gasteiger partial charge in [0.15, 0.2) is 0 Å². The lowest BCUT2D eigenvalue weighted by atomic mass is 10.2. The van der Waals surface area contributed by atoms with Gasteiger partial charge in [0.05, 0.1) is 11.9 Å². The molecule has 0 aromatic carbocycles. The van der Waals surface area contributed by atoms with E-state index in [1.165, 1.54) is 0 Å². The molecular formula is C14H26N4. The van der Waals surface area contributed by atoms with Crippen molar-refractivity contribution in [2.24, 2.45) is 5.92 Å². The lowest BCUT2D eigenvalue weighted by molar-refractivity contribution is 0.610. The summed E-state index contributed by atoms with van der Waals surface area (Å²) in [6.45, 7) is 12.6. The van der Waals surface area contributed by atoms with Crippen molar-refractivity contribution in [2.45, 2.75) is 40.7 Å². The van der Waals surface area contributed by atoms with Gasteiger partial charge in [0.1, 0.15) is 5.82 Å². The van der Waals surface area contributed by atoms with Gasteiger partial charge in [-0.3, -0.25) is 4.98 Å². The molecule has 4 nitrogen and oxygen atoms in total. The summed E-state index contributed by atoms with van der Waals surface area (Å²) in [5, 5.41) is 3.36. The van der Waals surface area contributed by atoms with Crippen molar-refractivity contribution in [2.75, 3.05) is 24.5 Å². The molecule has 0 atom stereocenters. The first kappa shape index (κ1) is 14.9. The van der Waals surface area contributed by atoms with Crippen LogP contribution in [0.2, 0.25) is 0 Å². The molecule has 0 saturated carbocycles. The van der Waals surface area contributed by atoms with Crippen LogP contribution in [0.4, 0.5) is 5.82 Å². The van der Waals surface area contributed by atoms with Gasteiger partial charge in [-0.2, -0.15) is 0 Å². The number of aromatic nitrogens is 2. The molecule has 0 fully saturated rings. The van der Waals surface area contributed by atoms with Crippen LogP contribution in [0, 0.1) is 5.92 Å². The van der Waals surface area contributed by atoms with Crippen LogP contribution in [-0.2, 0) is 6.54 Å². The van der Waals surface area contributed by atoms with Gasteiger partial charge in [-0.15, -0.1) is 0 Å². The monoisotopic (exact) mass is 250 g/mol. The molecule has 1 heterocycles. The number of hydrogen-bond acceptors (Lipinski definition) is 4. The van der Waals surface area contributed by atoms with Gasteiger partial charge in [-0.1, -0.05) is 20.8 Å². The van der Waals surface area contributed by atoms with E-state index < -0.39 is 0 Å². The van der Waals surface area contributed by atoms with E-state index in [1.54, 1.807) is 0 Å². The van der Waals surface area contributed by atoms with Gasteiger partial charge in [0, 0.05) is 25.8 Å². The van der Waals surface area contributed by atoms with E-state index in [4.69, 9.17) is 0 Å². The average Bonchev–Trinajstić information content (AvgIpc) is 2.36. The first-order valence-electron chi connectivity index (χ1n) is 6.93. The fourth-order valence-corrected chi connectivity index (χ4v) is 1.85.